The van der Waals surface area contributed by atoms with Crippen LogP contribution in [0.2, 0.25) is 0 Å². The molecule has 1 aromatic heterocycles. The monoisotopic (exact) mass is 368 g/mol. The van der Waals surface area contributed by atoms with Gasteiger partial charge < -0.3 is 5.32 Å². The predicted molar refractivity (Wildman–Crippen MR) is 110 cm³/mol. The molecule has 2 aromatic carbocycles. The average Bonchev–Trinajstić information content (AvgIpc) is 3.16. The van der Waals surface area contributed by atoms with Gasteiger partial charge in [0.25, 0.3) is 5.91 Å². The van der Waals surface area contributed by atoms with E-state index in [1.165, 1.54) is 6.20 Å². The smallest absolute Gasteiger partial charge is 0.258 e. The first-order chi connectivity index (χ1) is 13.8. The van der Waals surface area contributed by atoms with Crippen molar-refractivity contribution >= 4 is 28.9 Å². The van der Waals surface area contributed by atoms with Crippen molar-refractivity contribution in [2.24, 2.45) is 15.3 Å². The minimum Gasteiger partial charge on any atom is -0.303 e. The number of amidine groups is 1. The fraction of sp³-hybridized carbons (Fsp3) is 0. The molecule has 0 saturated carbocycles. The van der Waals surface area contributed by atoms with Crippen molar-refractivity contribution in [1.82, 2.24) is 10.3 Å². The number of nitrogens with one attached hydrogen (secondary N) is 2. The zero-order valence-electron chi connectivity index (χ0n) is 14.8. The highest BCUT2D eigenvalue weighted by atomic mass is 16.1. The number of rotatable bonds is 4. The van der Waals surface area contributed by atoms with Gasteiger partial charge in [-0.05, 0) is 24.3 Å². The maximum atomic E-state index is 12.5. The van der Waals surface area contributed by atoms with Crippen molar-refractivity contribution in [2.45, 2.75) is 0 Å². The molecule has 1 amide bonds. The zero-order valence-corrected chi connectivity index (χ0v) is 14.8. The van der Waals surface area contributed by atoms with Crippen LogP contribution >= 0.6 is 0 Å². The maximum absolute atomic E-state index is 12.5. The number of benzene rings is 2. The molecule has 0 bridgehead atoms. The van der Waals surface area contributed by atoms with Crippen LogP contribution in [0, 0.1) is 0 Å². The van der Waals surface area contributed by atoms with Crippen LogP contribution in [0.15, 0.2) is 100 Å². The molecule has 7 nitrogen and oxygen atoms in total. The van der Waals surface area contributed by atoms with Crippen molar-refractivity contribution in [1.29, 1.82) is 0 Å². The number of hydrazone groups is 1. The molecular formula is C21H16N6O. The lowest BCUT2D eigenvalue weighted by Crippen LogP contribution is -2.38. The lowest BCUT2D eigenvalue weighted by molar-refractivity contribution is 0.0977. The summed E-state index contributed by atoms with van der Waals surface area (Å²) in [5, 5.41) is 15.6. The quantitative estimate of drug-likeness (QED) is 0.693. The molecule has 0 atom stereocenters. The largest absolute Gasteiger partial charge is 0.303 e. The van der Waals surface area contributed by atoms with E-state index in [-0.39, 0.29) is 11.7 Å². The van der Waals surface area contributed by atoms with Crippen molar-refractivity contribution in [3.05, 3.63) is 96.3 Å². The summed E-state index contributed by atoms with van der Waals surface area (Å²) in [7, 11) is 0. The van der Waals surface area contributed by atoms with E-state index in [9.17, 15) is 4.79 Å². The second-order valence-electron chi connectivity index (χ2n) is 5.90. The number of carbonyl (C=O) groups is 1. The van der Waals surface area contributed by atoms with Gasteiger partial charge in [-0.15, -0.1) is 10.2 Å². The van der Waals surface area contributed by atoms with E-state index >= 15 is 0 Å². The first-order valence-electron chi connectivity index (χ1n) is 8.63. The standard InChI is InChI=1S/C21H16N6O/c28-21(16-10-7-13-22-14-16)23-20-19(26-24-17-11-5-2-6-12-17)18(25-27-20)15-8-3-1-4-9-15/h1-14,24H,(H,23,26,27,28). The van der Waals surface area contributed by atoms with Crippen molar-refractivity contribution in [3.63, 3.8) is 0 Å². The molecule has 7 heteroatoms. The Morgan fingerprint density at radius 1 is 0.857 bits per heavy atom. The summed E-state index contributed by atoms with van der Waals surface area (Å²) in [4.78, 5) is 16.5. The number of anilines is 1. The number of carbonyl (C=O) groups excluding carboxylic acids is 1. The fourth-order valence-corrected chi connectivity index (χ4v) is 2.60. The Hall–Kier alpha value is -4.13. The average molecular weight is 368 g/mol. The van der Waals surface area contributed by atoms with Gasteiger partial charge in [-0.3, -0.25) is 15.2 Å². The molecular weight excluding hydrogens is 352 g/mol. The highest BCUT2D eigenvalue weighted by molar-refractivity contribution is 6.73. The van der Waals surface area contributed by atoms with Crippen LogP contribution in [0.4, 0.5) is 5.69 Å². The first kappa shape index (κ1) is 17.3. The van der Waals surface area contributed by atoms with E-state index in [0.717, 1.165) is 11.3 Å². The molecule has 28 heavy (non-hydrogen) atoms. The summed E-state index contributed by atoms with van der Waals surface area (Å²) in [5.74, 6) is -0.0556. The molecule has 4 rings (SSSR count). The highest BCUT2D eigenvalue weighted by Crippen LogP contribution is 2.12. The lowest BCUT2D eigenvalue weighted by atomic mass is 10.1. The summed E-state index contributed by atoms with van der Waals surface area (Å²) < 4.78 is 0. The Morgan fingerprint density at radius 2 is 1.61 bits per heavy atom. The first-order valence-corrected chi connectivity index (χ1v) is 8.63. The number of pyridine rings is 1. The van der Waals surface area contributed by atoms with Gasteiger partial charge in [0.1, 0.15) is 5.71 Å². The van der Waals surface area contributed by atoms with Crippen LogP contribution in [0.3, 0.4) is 0 Å². The molecule has 0 unspecified atom stereocenters. The van der Waals surface area contributed by atoms with Gasteiger partial charge >= 0.3 is 0 Å². The molecule has 1 aliphatic rings. The molecule has 3 aromatic rings. The minimum absolute atomic E-state index is 0.274. The van der Waals surface area contributed by atoms with E-state index in [2.05, 4.69) is 31.0 Å². The van der Waals surface area contributed by atoms with Gasteiger partial charge in [0.05, 0.1) is 11.3 Å². The Kier molecular flexibility index (Phi) is 4.97. The van der Waals surface area contributed by atoms with Gasteiger partial charge in [-0.25, -0.2) is 0 Å². The molecule has 0 radical (unpaired) electrons. The van der Waals surface area contributed by atoms with Gasteiger partial charge in [0.2, 0.25) is 0 Å². The van der Waals surface area contributed by atoms with Crippen molar-refractivity contribution in [3.8, 4) is 0 Å². The SMILES string of the molecule is O=C(NC1=NN=C(c2ccccc2)/C1=N\Nc1ccccc1)c1cccnc1. The normalized spacial score (nSPS) is 14.4. The van der Waals surface area contributed by atoms with E-state index < -0.39 is 0 Å². The number of hydrogen-bond acceptors (Lipinski definition) is 6. The Morgan fingerprint density at radius 3 is 2.32 bits per heavy atom. The topological polar surface area (TPSA) is 91.1 Å². The lowest BCUT2D eigenvalue weighted by Gasteiger charge is -2.08. The Balaban J connectivity index is 1.61. The molecule has 0 spiro atoms. The van der Waals surface area contributed by atoms with E-state index in [1.807, 2.05) is 60.7 Å². The summed E-state index contributed by atoms with van der Waals surface area (Å²) in [5.41, 5.74) is 6.11. The predicted octanol–water partition coefficient (Wildman–Crippen LogP) is 3.10. The molecule has 136 valence electrons. The summed E-state index contributed by atoms with van der Waals surface area (Å²) in [6.07, 6.45) is 3.10. The third-order valence-electron chi connectivity index (χ3n) is 3.97. The molecule has 0 saturated heterocycles. The van der Waals surface area contributed by atoms with Gasteiger partial charge in [0, 0.05) is 18.0 Å². The van der Waals surface area contributed by atoms with Crippen molar-refractivity contribution < 1.29 is 4.79 Å². The van der Waals surface area contributed by atoms with Crippen molar-refractivity contribution in [2.75, 3.05) is 5.43 Å². The number of hydrogen-bond donors (Lipinski definition) is 2. The Bertz CT molecular complexity index is 1060. The van der Waals surface area contributed by atoms with Crippen LogP contribution in [0.1, 0.15) is 15.9 Å². The van der Waals surface area contributed by atoms with Crippen LogP contribution in [0.5, 0.6) is 0 Å². The molecule has 2 N–H and O–H groups in total. The summed E-state index contributed by atoms with van der Waals surface area (Å²) in [6, 6.07) is 22.5. The second-order valence-corrected chi connectivity index (χ2v) is 5.90. The molecule has 0 fully saturated rings. The zero-order chi connectivity index (χ0) is 19.2. The number of para-hydroxylation sites is 1. The summed E-state index contributed by atoms with van der Waals surface area (Å²) in [6.45, 7) is 0. The van der Waals surface area contributed by atoms with Gasteiger partial charge in [0.15, 0.2) is 11.5 Å². The number of nitrogens with zero attached hydrogens (tertiary/aromatic N) is 4. The van der Waals surface area contributed by atoms with Crippen LogP contribution in [0.25, 0.3) is 0 Å². The number of aromatic nitrogens is 1. The third kappa shape index (κ3) is 3.83. The molecule has 1 aliphatic heterocycles. The van der Waals surface area contributed by atoms with Crippen LogP contribution in [-0.4, -0.2) is 28.2 Å². The van der Waals surface area contributed by atoms with E-state index in [4.69, 9.17) is 0 Å². The maximum Gasteiger partial charge on any atom is 0.258 e. The van der Waals surface area contributed by atoms with Gasteiger partial charge in [-0.1, -0.05) is 48.5 Å². The third-order valence-corrected chi connectivity index (χ3v) is 3.97. The van der Waals surface area contributed by atoms with E-state index in [0.29, 0.717) is 17.0 Å². The second kappa shape index (κ2) is 8.05. The fourth-order valence-electron chi connectivity index (χ4n) is 2.60. The highest BCUT2D eigenvalue weighted by Gasteiger charge is 2.26. The van der Waals surface area contributed by atoms with Crippen LogP contribution in [-0.2, 0) is 0 Å². The van der Waals surface area contributed by atoms with Crippen LogP contribution < -0.4 is 10.7 Å². The Labute approximate surface area is 161 Å². The van der Waals surface area contributed by atoms with Gasteiger partial charge in [-0.2, -0.15) is 5.10 Å². The minimum atomic E-state index is -0.330. The molecule has 0 aliphatic carbocycles. The van der Waals surface area contributed by atoms with E-state index in [1.54, 1.807) is 18.3 Å². The number of amides is 1. The molecule has 2 heterocycles. The summed E-state index contributed by atoms with van der Waals surface area (Å²) >= 11 is 0.